The molecule has 3 nitrogen and oxygen atoms in total. The summed E-state index contributed by atoms with van der Waals surface area (Å²) in [5.74, 6) is 0.303. The molecule has 128 valence electrons. The van der Waals surface area contributed by atoms with Crippen LogP contribution >= 0.6 is 0 Å². The van der Waals surface area contributed by atoms with Crippen molar-refractivity contribution in [3.05, 3.63) is 71.0 Å². The zero-order chi connectivity index (χ0) is 17.6. The van der Waals surface area contributed by atoms with Gasteiger partial charge in [0.15, 0.2) is 0 Å². The first-order valence-electron chi connectivity index (χ1n) is 8.69. The minimum atomic E-state index is -0.208. The van der Waals surface area contributed by atoms with Crippen LogP contribution in [0.25, 0.3) is 0 Å². The Kier molecular flexibility index (Phi) is 5.45. The quantitative estimate of drug-likeness (QED) is 0.840. The van der Waals surface area contributed by atoms with E-state index in [0.29, 0.717) is 17.0 Å². The van der Waals surface area contributed by atoms with Crippen LogP contribution in [-0.4, -0.2) is 23.9 Å². The molecule has 1 aliphatic rings. The standard InChI is InChI=1S/C21H21FN2O/c22-20-11-7-16(8-12-20)3-4-18-2-1-13-24(15-18)21(25)19-9-5-17(14-23)6-10-19/h5-12,18H,1-4,13,15H2. The van der Waals surface area contributed by atoms with Crippen LogP contribution in [-0.2, 0) is 6.42 Å². The minimum absolute atomic E-state index is 0.0379. The molecular formula is C21H21FN2O. The van der Waals surface area contributed by atoms with Gasteiger partial charge in [-0.3, -0.25) is 4.79 Å². The summed E-state index contributed by atoms with van der Waals surface area (Å²) >= 11 is 0. The highest BCUT2D eigenvalue weighted by molar-refractivity contribution is 5.94. The number of carbonyl (C=O) groups excluding carboxylic acids is 1. The first kappa shape index (κ1) is 17.2. The molecular weight excluding hydrogens is 315 g/mol. The summed E-state index contributed by atoms with van der Waals surface area (Å²) in [6.45, 7) is 1.55. The molecule has 0 bridgehead atoms. The van der Waals surface area contributed by atoms with Crippen molar-refractivity contribution in [2.24, 2.45) is 5.92 Å². The molecule has 1 unspecified atom stereocenters. The number of hydrogen-bond donors (Lipinski definition) is 0. The highest BCUT2D eigenvalue weighted by Crippen LogP contribution is 2.23. The Hall–Kier alpha value is -2.67. The molecule has 1 fully saturated rings. The molecule has 0 N–H and O–H groups in total. The van der Waals surface area contributed by atoms with Gasteiger partial charge in [-0.25, -0.2) is 4.39 Å². The number of benzene rings is 2. The summed E-state index contributed by atoms with van der Waals surface area (Å²) in [5, 5.41) is 8.85. The highest BCUT2D eigenvalue weighted by Gasteiger charge is 2.24. The maximum Gasteiger partial charge on any atom is 0.253 e. The van der Waals surface area contributed by atoms with Crippen LogP contribution in [0.5, 0.6) is 0 Å². The predicted molar refractivity (Wildman–Crippen MR) is 94.5 cm³/mol. The predicted octanol–water partition coefficient (Wildman–Crippen LogP) is 4.18. The zero-order valence-corrected chi connectivity index (χ0v) is 14.1. The molecule has 0 spiro atoms. The molecule has 4 heteroatoms. The number of nitrogens with zero attached hydrogens (tertiary/aromatic N) is 2. The van der Waals surface area contributed by atoms with E-state index in [4.69, 9.17) is 5.26 Å². The Labute approximate surface area is 147 Å². The van der Waals surface area contributed by atoms with Crippen molar-refractivity contribution in [2.75, 3.05) is 13.1 Å². The third kappa shape index (κ3) is 4.45. The smallest absolute Gasteiger partial charge is 0.253 e. The van der Waals surface area contributed by atoms with Gasteiger partial charge in [0.25, 0.3) is 5.91 Å². The van der Waals surface area contributed by atoms with Gasteiger partial charge < -0.3 is 4.90 Å². The summed E-state index contributed by atoms with van der Waals surface area (Å²) < 4.78 is 13.0. The third-order valence-corrected chi connectivity index (χ3v) is 4.82. The van der Waals surface area contributed by atoms with E-state index in [2.05, 4.69) is 6.07 Å². The number of likely N-dealkylation sites (tertiary alicyclic amines) is 1. The number of rotatable bonds is 4. The molecule has 0 saturated carbocycles. The lowest BCUT2D eigenvalue weighted by molar-refractivity contribution is 0.0668. The average Bonchev–Trinajstić information content (AvgIpc) is 2.67. The number of nitriles is 1. The van der Waals surface area contributed by atoms with Crippen LogP contribution in [0.3, 0.4) is 0 Å². The van der Waals surface area contributed by atoms with Crippen molar-refractivity contribution >= 4 is 5.91 Å². The van der Waals surface area contributed by atoms with Crippen LogP contribution < -0.4 is 0 Å². The molecule has 1 heterocycles. The number of hydrogen-bond acceptors (Lipinski definition) is 2. The van der Waals surface area contributed by atoms with E-state index >= 15 is 0 Å². The Bertz CT molecular complexity index is 762. The fraction of sp³-hybridized carbons (Fsp3) is 0.333. The van der Waals surface area contributed by atoms with Gasteiger partial charge in [-0.15, -0.1) is 0 Å². The van der Waals surface area contributed by atoms with E-state index < -0.39 is 0 Å². The number of piperidine rings is 1. The molecule has 0 aliphatic carbocycles. The second-order valence-electron chi connectivity index (χ2n) is 6.61. The Balaban J connectivity index is 1.57. The van der Waals surface area contributed by atoms with Gasteiger partial charge in [-0.05, 0) is 73.6 Å². The summed E-state index contributed by atoms with van der Waals surface area (Å²) in [4.78, 5) is 14.6. The van der Waals surface area contributed by atoms with E-state index in [9.17, 15) is 9.18 Å². The van der Waals surface area contributed by atoms with Gasteiger partial charge in [0.1, 0.15) is 5.82 Å². The average molecular weight is 336 g/mol. The molecule has 0 aromatic heterocycles. The van der Waals surface area contributed by atoms with Crippen molar-refractivity contribution in [1.82, 2.24) is 4.90 Å². The monoisotopic (exact) mass is 336 g/mol. The first-order valence-corrected chi connectivity index (χ1v) is 8.69. The van der Waals surface area contributed by atoms with Crippen LogP contribution in [0.4, 0.5) is 4.39 Å². The van der Waals surface area contributed by atoms with Crippen molar-refractivity contribution in [1.29, 1.82) is 5.26 Å². The summed E-state index contributed by atoms with van der Waals surface area (Å²) in [6.07, 6.45) is 4.04. The number of halogens is 1. The largest absolute Gasteiger partial charge is 0.338 e. The molecule has 3 rings (SSSR count). The van der Waals surface area contributed by atoms with Gasteiger partial charge in [0.2, 0.25) is 0 Å². The highest BCUT2D eigenvalue weighted by atomic mass is 19.1. The van der Waals surface area contributed by atoms with E-state index in [1.807, 2.05) is 17.0 Å². The Morgan fingerprint density at radius 3 is 2.56 bits per heavy atom. The van der Waals surface area contributed by atoms with Crippen LogP contribution in [0.15, 0.2) is 48.5 Å². The molecule has 1 saturated heterocycles. The van der Waals surface area contributed by atoms with Crippen LogP contribution in [0.1, 0.15) is 40.7 Å². The normalized spacial score (nSPS) is 17.1. The zero-order valence-electron chi connectivity index (χ0n) is 14.1. The van der Waals surface area contributed by atoms with Gasteiger partial charge in [0, 0.05) is 18.7 Å². The number of amides is 1. The van der Waals surface area contributed by atoms with Gasteiger partial charge in [-0.2, -0.15) is 5.26 Å². The maximum absolute atomic E-state index is 13.0. The first-order chi connectivity index (χ1) is 12.2. The van der Waals surface area contributed by atoms with Crippen LogP contribution in [0, 0.1) is 23.1 Å². The number of carbonyl (C=O) groups is 1. The summed E-state index contributed by atoms with van der Waals surface area (Å²) in [6, 6.07) is 15.5. The fourth-order valence-corrected chi connectivity index (χ4v) is 3.38. The Morgan fingerprint density at radius 1 is 1.16 bits per heavy atom. The lowest BCUT2D eigenvalue weighted by Crippen LogP contribution is -2.40. The summed E-state index contributed by atoms with van der Waals surface area (Å²) in [5.41, 5.74) is 2.34. The van der Waals surface area contributed by atoms with Crippen LogP contribution in [0.2, 0.25) is 0 Å². The van der Waals surface area contributed by atoms with E-state index in [-0.39, 0.29) is 11.7 Å². The lowest BCUT2D eigenvalue weighted by Gasteiger charge is -2.33. The van der Waals surface area contributed by atoms with Crippen molar-refractivity contribution in [2.45, 2.75) is 25.7 Å². The van der Waals surface area contributed by atoms with E-state index in [0.717, 1.165) is 44.3 Å². The van der Waals surface area contributed by atoms with E-state index in [1.54, 1.807) is 24.3 Å². The Morgan fingerprint density at radius 2 is 1.88 bits per heavy atom. The topological polar surface area (TPSA) is 44.1 Å². The number of aryl methyl sites for hydroxylation is 1. The molecule has 0 radical (unpaired) electrons. The van der Waals surface area contributed by atoms with Gasteiger partial charge >= 0.3 is 0 Å². The molecule has 1 amide bonds. The third-order valence-electron chi connectivity index (χ3n) is 4.82. The summed E-state index contributed by atoms with van der Waals surface area (Å²) in [7, 11) is 0. The van der Waals surface area contributed by atoms with Crippen molar-refractivity contribution in [3.63, 3.8) is 0 Å². The maximum atomic E-state index is 13.0. The SMILES string of the molecule is N#Cc1ccc(C(=O)N2CCCC(CCc3ccc(F)cc3)C2)cc1. The molecule has 25 heavy (non-hydrogen) atoms. The van der Waals surface area contributed by atoms with Gasteiger partial charge in [-0.1, -0.05) is 12.1 Å². The van der Waals surface area contributed by atoms with Gasteiger partial charge in [0.05, 0.1) is 11.6 Å². The molecule has 1 aliphatic heterocycles. The molecule has 2 aromatic carbocycles. The second-order valence-corrected chi connectivity index (χ2v) is 6.61. The second kappa shape index (κ2) is 7.94. The van der Waals surface area contributed by atoms with Crippen molar-refractivity contribution < 1.29 is 9.18 Å². The molecule has 1 atom stereocenters. The fourth-order valence-electron chi connectivity index (χ4n) is 3.38. The van der Waals surface area contributed by atoms with Crippen molar-refractivity contribution in [3.8, 4) is 6.07 Å². The lowest BCUT2D eigenvalue weighted by atomic mass is 9.91. The molecule has 2 aromatic rings. The minimum Gasteiger partial charge on any atom is -0.338 e. The van der Waals surface area contributed by atoms with E-state index in [1.165, 1.54) is 12.1 Å².